The van der Waals surface area contributed by atoms with Gasteiger partial charge in [0.2, 0.25) is 5.91 Å². The number of methoxy groups -OCH3 is 1. The third-order valence-electron chi connectivity index (χ3n) is 3.87. The standard InChI is InChI=1S/C15H22N2O2/c1-4-15(2,16)14(18)17-9-5-6-11-10-12(19-3)7-8-13(11)17/h7-8,10H,4-6,9,16H2,1-3H3. The molecule has 4 nitrogen and oxygen atoms in total. The van der Waals surface area contributed by atoms with Gasteiger partial charge in [0.1, 0.15) is 5.75 Å². The first-order valence-corrected chi connectivity index (χ1v) is 6.77. The van der Waals surface area contributed by atoms with Gasteiger partial charge in [-0.05, 0) is 49.9 Å². The molecule has 0 fully saturated rings. The summed E-state index contributed by atoms with van der Waals surface area (Å²) in [5.74, 6) is 0.833. The predicted molar refractivity (Wildman–Crippen MR) is 76.6 cm³/mol. The van der Waals surface area contributed by atoms with Crippen LogP contribution in [-0.2, 0) is 11.2 Å². The molecule has 2 rings (SSSR count). The van der Waals surface area contributed by atoms with Gasteiger partial charge >= 0.3 is 0 Å². The van der Waals surface area contributed by atoms with Crippen LogP contribution in [0.4, 0.5) is 5.69 Å². The summed E-state index contributed by atoms with van der Waals surface area (Å²) in [6.45, 7) is 4.48. The van der Waals surface area contributed by atoms with Gasteiger partial charge < -0.3 is 15.4 Å². The Bertz CT molecular complexity index is 483. The Labute approximate surface area is 114 Å². The summed E-state index contributed by atoms with van der Waals surface area (Å²) >= 11 is 0. The van der Waals surface area contributed by atoms with E-state index in [2.05, 4.69) is 0 Å². The van der Waals surface area contributed by atoms with Crippen molar-refractivity contribution in [3.63, 3.8) is 0 Å². The van der Waals surface area contributed by atoms with Gasteiger partial charge in [-0.3, -0.25) is 4.79 Å². The Kier molecular flexibility index (Phi) is 3.80. The molecular weight excluding hydrogens is 240 g/mol. The van der Waals surface area contributed by atoms with Crippen molar-refractivity contribution in [3.8, 4) is 5.75 Å². The first-order chi connectivity index (χ1) is 8.99. The molecule has 4 heteroatoms. The second kappa shape index (κ2) is 5.21. The summed E-state index contributed by atoms with van der Waals surface area (Å²) in [5, 5.41) is 0. The minimum Gasteiger partial charge on any atom is -0.497 e. The van der Waals surface area contributed by atoms with Gasteiger partial charge in [-0.15, -0.1) is 0 Å². The minimum absolute atomic E-state index is 0.00103. The van der Waals surface area contributed by atoms with Crippen molar-refractivity contribution in [2.75, 3.05) is 18.6 Å². The zero-order valence-electron chi connectivity index (χ0n) is 11.9. The Morgan fingerprint density at radius 2 is 2.26 bits per heavy atom. The van der Waals surface area contributed by atoms with Gasteiger partial charge in [0.15, 0.2) is 0 Å². The topological polar surface area (TPSA) is 55.6 Å². The number of rotatable bonds is 3. The van der Waals surface area contributed by atoms with Crippen molar-refractivity contribution in [2.24, 2.45) is 5.73 Å². The van der Waals surface area contributed by atoms with Crippen molar-refractivity contribution < 1.29 is 9.53 Å². The van der Waals surface area contributed by atoms with Crippen LogP contribution in [0.25, 0.3) is 0 Å². The average molecular weight is 262 g/mol. The maximum Gasteiger partial charge on any atom is 0.246 e. The molecule has 104 valence electrons. The SMILES string of the molecule is CCC(C)(N)C(=O)N1CCCc2cc(OC)ccc21. The van der Waals surface area contributed by atoms with E-state index in [4.69, 9.17) is 10.5 Å². The van der Waals surface area contributed by atoms with Crippen LogP contribution in [0.2, 0.25) is 0 Å². The average Bonchev–Trinajstić information content (AvgIpc) is 2.45. The lowest BCUT2D eigenvalue weighted by Gasteiger charge is -2.35. The lowest BCUT2D eigenvalue weighted by atomic mass is 9.94. The lowest BCUT2D eigenvalue weighted by molar-refractivity contribution is -0.123. The molecule has 0 saturated heterocycles. The largest absolute Gasteiger partial charge is 0.497 e. The fourth-order valence-electron chi connectivity index (χ4n) is 2.37. The zero-order chi connectivity index (χ0) is 14.0. The van der Waals surface area contributed by atoms with Gasteiger partial charge in [0, 0.05) is 12.2 Å². The number of aryl methyl sites for hydroxylation is 1. The van der Waals surface area contributed by atoms with Crippen molar-refractivity contribution in [3.05, 3.63) is 23.8 Å². The third-order valence-corrected chi connectivity index (χ3v) is 3.87. The van der Waals surface area contributed by atoms with E-state index < -0.39 is 5.54 Å². The predicted octanol–water partition coefficient (Wildman–Crippen LogP) is 2.10. The summed E-state index contributed by atoms with van der Waals surface area (Å²) in [5.41, 5.74) is 7.42. The zero-order valence-corrected chi connectivity index (χ0v) is 11.9. The van der Waals surface area contributed by atoms with Gasteiger partial charge in [-0.2, -0.15) is 0 Å². The number of amides is 1. The third kappa shape index (κ3) is 2.59. The van der Waals surface area contributed by atoms with Crippen LogP contribution in [0.1, 0.15) is 32.3 Å². The molecule has 0 aliphatic carbocycles. The maximum atomic E-state index is 12.5. The molecule has 1 aliphatic rings. The molecule has 0 radical (unpaired) electrons. The molecule has 1 aromatic carbocycles. The molecule has 1 atom stereocenters. The molecule has 0 spiro atoms. The number of nitrogens with two attached hydrogens (primary N) is 1. The van der Waals surface area contributed by atoms with Crippen LogP contribution in [0.3, 0.4) is 0 Å². The number of anilines is 1. The fraction of sp³-hybridized carbons (Fsp3) is 0.533. The smallest absolute Gasteiger partial charge is 0.246 e. The molecule has 0 aromatic heterocycles. The second-order valence-corrected chi connectivity index (χ2v) is 5.33. The quantitative estimate of drug-likeness (QED) is 0.907. The van der Waals surface area contributed by atoms with E-state index >= 15 is 0 Å². The highest BCUT2D eigenvalue weighted by Gasteiger charge is 2.33. The molecule has 1 aliphatic heterocycles. The monoisotopic (exact) mass is 262 g/mol. The Balaban J connectivity index is 2.35. The minimum atomic E-state index is -0.797. The van der Waals surface area contributed by atoms with Crippen LogP contribution in [-0.4, -0.2) is 25.1 Å². The van der Waals surface area contributed by atoms with Gasteiger partial charge in [0.05, 0.1) is 12.6 Å². The first-order valence-electron chi connectivity index (χ1n) is 6.77. The highest BCUT2D eigenvalue weighted by molar-refractivity contribution is 6.00. The summed E-state index contributed by atoms with van der Waals surface area (Å²) < 4.78 is 5.24. The number of nitrogens with zero attached hydrogens (tertiary/aromatic N) is 1. The summed E-state index contributed by atoms with van der Waals surface area (Å²) in [7, 11) is 1.65. The number of fused-ring (bicyclic) bond motifs is 1. The van der Waals surface area contributed by atoms with Crippen LogP contribution in [0.5, 0.6) is 5.75 Å². The van der Waals surface area contributed by atoms with Crippen LogP contribution in [0, 0.1) is 0 Å². The summed E-state index contributed by atoms with van der Waals surface area (Å²) in [6, 6.07) is 5.86. The van der Waals surface area contributed by atoms with E-state index in [0.29, 0.717) is 6.42 Å². The maximum absolute atomic E-state index is 12.5. The molecule has 1 heterocycles. The number of hydrogen-bond donors (Lipinski definition) is 1. The molecule has 1 amide bonds. The van der Waals surface area contributed by atoms with E-state index in [1.165, 1.54) is 0 Å². The van der Waals surface area contributed by atoms with Gasteiger partial charge in [-0.25, -0.2) is 0 Å². The van der Waals surface area contributed by atoms with E-state index in [0.717, 1.165) is 36.4 Å². The normalized spacial score (nSPS) is 17.6. The molecule has 19 heavy (non-hydrogen) atoms. The van der Waals surface area contributed by atoms with Gasteiger partial charge in [0.25, 0.3) is 0 Å². The van der Waals surface area contributed by atoms with Crippen molar-refractivity contribution in [1.82, 2.24) is 0 Å². The molecule has 1 aromatic rings. The molecule has 0 saturated carbocycles. The Morgan fingerprint density at radius 3 is 2.89 bits per heavy atom. The number of carbonyl (C=O) groups excluding carboxylic acids is 1. The van der Waals surface area contributed by atoms with Crippen LogP contribution >= 0.6 is 0 Å². The highest BCUT2D eigenvalue weighted by Crippen LogP contribution is 2.31. The summed E-state index contributed by atoms with van der Waals surface area (Å²) in [4.78, 5) is 14.4. The number of ether oxygens (including phenoxy) is 1. The van der Waals surface area contributed by atoms with Crippen LogP contribution < -0.4 is 15.4 Å². The van der Waals surface area contributed by atoms with Crippen molar-refractivity contribution in [2.45, 2.75) is 38.6 Å². The van der Waals surface area contributed by atoms with Crippen molar-refractivity contribution in [1.29, 1.82) is 0 Å². The number of carbonyl (C=O) groups is 1. The molecular formula is C15H22N2O2. The van der Waals surface area contributed by atoms with Crippen molar-refractivity contribution >= 4 is 11.6 Å². The van der Waals surface area contributed by atoms with E-state index in [1.807, 2.05) is 30.0 Å². The lowest BCUT2D eigenvalue weighted by Crippen LogP contribution is -2.54. The Hall–Kier alpha value is -1.55. The van der Waals surface area contributed by atoms with E-state index in [-0.39, 0.29) is 5.91 Å². The molecule has 2 N–H and O–H groups in total. The van der Waals surface area contributed by atoms with E-state index in [1.54, 1.807) is 14.0 Å². The van der Waals surface area contributed by atoms with Gasteiger partial charge in [-0.1, -0.05) is 6.92 Å². The first kappa shape index (κ1) is 13.9. The highest BCUT2D eigenvalue weighted by atomic mass is 16.5. The van der Waals surface area contributed by atoms with E-state index in [9.17, 15) is 4.79 Å². The Morgan fingerprint density at radius 1 is 1.53 bits per heavy atom. The molecule has 0 bridgehead atoms. The summed E-state index contributed by atoms with van der Waals surface area (Å²) in [6.07, 6.45) is 2.57. The number of benzene rings is 1. The molecule has 1 unspecified atom stereocenters. The fourth-order valence-corrected chi connectivity index (χ4v) is 2.37. The van der Waals surface area contributed by atoms with Crippen LogP contribution in [0.15, 0.2) is 18.2 Å². The second-order valence-electron chi connectivity index (χ2n) is 5.33. The number of hydrogen-bond acceptors (Lipinski definition) is 3.